The van der Waals surface area contributed by atoms with E-state index in [1.54, 1.807) is 0 Å². The lowest BCUT2D eigenvalue weighted by Gasteiger charge is -2.18. The van der Waals surface area contributed by atoms with Crippen LogP contribution in [0, 0.1) is 27.7 Å². The van der Waals surface area contributed by atoms with Gasteiger partial charge >= 0.3 is 0 Å². The SMILES string of the molecule is CC(C)(C)c1nc(-c2ccccc2)nc(-c2ccccc2)n1.CC(C)(C)c1nc(-c2ccccc2)nc(-n2c3ccccc3c3ccccc32)n1.Cc1nc(-c2ccccc2)nc(C(C)(C)C)n1.Cc1nc(-c2ccccc2)nc(C(C)(C)C)n1.Cc1nc(C)nc(C(C)(C)C)n1.c1ccc2c(c1)oc1ccccc12.c1ccc2c(c1)sc1ccccc12.c1ccc2ccccc2c1.c1ccc2ccccc2c1. The smallest absolute Gasteiger partial charge is 0.238 e. The molecule has 0 aliphatic carbocycles. The van der Waals surface area contributed by atoms with Crippen molar-refractivity contribution in [3.63, 3.8) is 0 Å². The number of para-hydroxylation sites is 4. The highest BCUT2D eigenvalue weighted by Crippen LogP contribution is 2.37. The molecule has 0 saturated carbocycles. The molecule has 0 fully saturated rings. The highest BCUT2D eigenvalue weighted by molar-refractivity contribution is 7.25. The maximum atomic E-state index is 5.65. The van der Waals surface area contributed by atoms with E-state index in [4.69, 9.17) is 19.4 Å². The number of rotatable bonds is 6. The average molecular weight is 1900 g/mol. The molecule has 0 spiro atoms. The van der Waals surface area contributed by atoms with Crippen LogP contribution >= 0.6 is 11.3 Å². The zero-order chi connectivity index (χ0) is 101. The maximum absolute atomic E-state index is 5.65. The van der Waals surface area contributed by atoms with Gasteiger partial charge in [-0.25, -0.2) is 64.8 Å². The molecule has 0 unspecified atom stereocenters. The van der Waals surface area contributed by atoms with E-state index in [1.165, 1.54) is 63.3 Å². The van der Waals surface area contributed by atoms with E-state index in [-0.39, 0.29) is 27.1 Å². The van der Waals surface area contributed by atoms with Gasteiger partial charge < -0.3 is 4.42 Å². The molecule has 0 bridgehead atoms. The second kappa shape index (κ2) is 45.7. The average Bonchev–Trinajstić information content (AvgIpc) is 1.59. The predicted octanol–water partition coefficient (Wildman–Crippen LogP) is 31.8. The Balaban J connectivity index is 0.000000124. The summed E-state index contributed by atoms with van der Waals surface area (Å²) in [5.41, 5.74) is 8.75. The van der Waals surface area contributed by atoms with E-state index < -0.39 is 0 Å². The second-order valence-corrected chi connectivity index (χ2v) is 40.8. The lowest BCUT2D eigenvalue weighted by molar-refractivity contribution is 0.534. The normalized spacial score (nSPS) is 11.3. The summed E-state index contributed by atoms with van der Waals surface area (Å²) in [7, 11) is 0. The number of furan rings is 1. The molecule has 0 saturated heterocycles. The highest BCUT2D eigenvalue weighted by atomic mass is 32.1. The fourth-order valence-electron chi connectivity index (χ4n) is 15.4. The van der Waals surface area contributed by atoms with Gasteiger partial charge in [0.1, 0.15) is 63.6 Å². The van der Waals surface area contributed by atoms with Crippen LogP contribution in [0.1, 0.15) is 156 Å². The summed E-state index contributed by atoms with van der Waals surface area (Å²) in [6.45, 7) is 39.3. The number of aryl methyl sites for hydroxylation is 4. The van der Waals surface area contributed by atoms with Gasteiger partial charge in [0.2, 0.25) is 5.95 Å². The van der Waals surface area contributed by atoms with E-state index in [1.807, 2.05) is 227 Å². The lowest BCUT2D eigenvalue weighted by atomic mass is 9.95. The molecule has 23 aromatic rings. The number of hydrogen-bond acceptors (Lipinski definition) is 17. The summed E-state index contributed by atoms with van der Waals surface area (Å²) in [6, 6.07) is 134. The first-order valence-electron chi connectivity index (χ1n) is 48.3. The molecule has 0 aliphatic heterocycles. The zero-order valence-electron chi connectivity index (χ0n) is 85.0. The Morgan fingerprint density at radius 1 is 0.189 bits per heavy atom. The minimum absolute atomic E-state index is 0.0124. The lowest BCUT2D eigenvalue weighted by Crippen LogP contribution is -2.19. The van der Waals surface area contributed by atoms with E-state index in [0.29, 0.717) is 11.8 Å². The Labute approximate surface area is 843 Å². The molecular formula is C125H122N16OS. The van der Waals surface area contributed by atoms with Crippen molar-refractivity contribution in [3.8, 4) is 62.9 Å². The highest BCUT2D eigenvalue weighted by Gasteiger charge is 2.27. The Morgan fingerprint density at radius 2 is 0.406 bits per heavy atom. The minimum Gasteiger partial charge on any atom is -0.456 e. The van der Waals surface area contributed by atoms with Crippen LogP contribution in [0.3, 0.4) is 0 Å². The molecule has 0 N–H and O–H groups in total. The standard InChI is InChI=1S/C25H22N4.C19H19N3.2C14H17N3.C12H8O.C12H8S.2C10H8.C9H15N3/c1-25(2,3)23-26-22(17-11-5-4-6-12-17)27-24(28-23)29-20-15-9-7-13-18(20)19-14-8-10-16-21(19)29;1-19(2,3)18-21-16(14-10-6-4-7-11-14)20-17(22-18)15-12-8-5-9-13-15;2*1-10-15-12(11-8-6-5-7-9-11)17-13(16-10)14(2,3)4;2*1-3-7-11-9(5-1)10-6-2-4-8-12(10)13-11;2*1-2-6-10-8-4-3-7-9(10)5-1;1-6-10-7(2)12-8(11-6)9(3,4)5/h4-16H,1-3H3;4-13H,1-3H3;2*5-9H,1-4H3;2*1-8H;2*1-8H;1-5H3. The van der Waals surface area contributed by atoms with Crippen LogP contribution in [0.4, 0.5) is 0 Å². The molecule has 143 heavy (non-hydrogen) atoms. The Bertz CT molecular complexity index is 7520. The van der Waals surface area contributed by atoms with Crippen molar-refractivity contribution in [3.05, 3.63) is 447 Å². The van der Waals surface area contributed by atoms with Gasteiger partial charge in [-0.2, -0.15) is 9.97 Å². The molecule has 15 aromatic carbocycles. The molecule has 8 aromatic heterocycles. The summed E-state index contributed by atoms with van der Waals surface area (Å²) < 4.78 is 10.6. The van der Waals surface area contributed by atoms with Crippen LogP contribution in [-0.4, -0.2) is 79.3 Å². The fourth-order valence-corrected chi connectivity index (χ4v) is 16.5. The van der Waals surface area contributed by atoms with Crippen LogP contribution < -0.4 is 0 Å². The number of benzene rings is 15. The van der Waals surface area contributed by atoms with Crippen LogP contribution in [0.15, 0.2) is 399 Å². The number of fused-ring (bicyclic) bond motifs is 11. The minimum atomic E-state index is -0.194. The summed E-state index contributed by atoms with van der Waals surface area (Å²) in [4.78, 5) is 68.1. The summed E-state index contributed by atoms with van der Waals surface area (Å²) in [5.74, 6) is 11.6. The van der Waals surface area contributed by atoms with Gasteiger partial charge in [-0.1, -0.05) is 462 Å². The van der Waals surface area contributed by atoms with E-state index >= 15 is 0 Å². The van der Waals surface area contributed by atoms with Crippen molar-refractivity contribution >= 4 is 96.8 Å². The Morgan fingerprint density at radius 3 is 0.706 bits per heavy atom. The first-order chi connectivity index (χ1) is 68.7. The predicted molar refractivity (Wildman–Crippen MR) is 594 cm³/mol. The molecule has 0 aliphatic rings. The summed E-state index contributed by atoms with van der Waals surface area (Å²) in [6.07, 6.45) is 0. The molecule has 18 heteroatoms. The maximum Gasteiger partial charge on any atom is 0.238 e. The molecular weight excluding hydrogens is 1770 g/mol. The third-order valence-corrected chi connectivity index (χ3v) is 23.9. The molecule has 23 rings (SSSR count). The van der Waals surface area contributed by atoms with Crippen molar-refractivity contribution in [2.75, 3.05) is 0 Å². The van der Waals surface area contributed by atoms with Crippen molar-refractivity contribution in [2.24, 2.45) is 0 Å². The molecule has 0 radical (unpaired) electrons. The van der Waals surface area contributed by atoms with Crippen molar-refractivity contribution in [2.45, 2.75) is 159 Å². The van der Waals surface area contributed by atoms with Gasteiger partial charge in [0.25, 0.3) is 0 Å². The number of hydrogen-bond donors (Lipinski definition) is 0. The fraction of sp³-hybridized carbons (Fsp3) is 0.192. The first kappa shape index (κ1) is 101. The van der Waals surface area contributed by atoms with Crippen LogP contribution in [0.5, 0.6) is 0 Å². The van der Waals surface area contributed by atoms with Crippen molar-refractivity contribution < 1.29 is 4.42 Å². The summed E-state index contributed by atoms with van der Waals surface area (Å²) in [5, 5.41) is 12.8. The topological polar surface area (TPSA) is 211 Å². The van der Waals surface area contributed by atoms with Gasteiger partial charge in [-0.3, -0.25) is 4.57 Å². The second-order valence-electron chi connectivity index (χ2n) is 39.7. The van der Waals surface area contributed by atoms with Gasteiger partial charge in [0, 0.05) is 96.6 Å². The number of nitrogens with zero attached hydrogens (tertiary/aromatic N) is 16. The molecule has 8 heterocycles. The monoisotopic (exact) mass is 1890 g/mol. The first-order valence-corrected chi connectivity index (χ1v) is 49.1. The van der Waals surface area contributed by atoms with Gasteiger partial charge in [0.15, 0.2) is 29.1 Å². The number of thiophene rings is 1. The molecule has 0 atom stereocenters. The zero-order valence-corrected chi connectivity index (χ0v) is 85.8. The summed E-state index contributed by atoms with van der Waals surface area (Å²) >= 11 is 1.86. The third kappa shape index (κ3) is 26.8. The molecule has 0 amide bonds. The van der Waals surface area contributed by atoms with Crippen molar-refractivity contribution in [1.82, 2.24) is 79.3 Å². The Kier molecular flexibility index (Phi) is 32.3. The van der Waals surface area contributed by atoms with E-state index in [2.05, 4.69) is 374 Å². The molecule has 17 nitrogen and oxygen atoms in total. The molecule has 714 valence electrons. The van der Waals surface area contributed by atoms with Gasteiger partial charge in [0.05, 0.1) is 11.0 Å². The Hall–Kier alpha value is -16.3. The number of aromatic nitrogens is 16. The third-order valence-electron chi connectivity index (χ3n) is 22.8. The largest absolute Gasteiger partial charge is 0.456 e. The van der Waals surface area contributed by atoms with Crippen LogP contribution in [0.2, 0.25) is 0 Å². The van der Waals surface area contributed by atoms with E-state index in [9.17, 15) is 0 Å². The van der Waals surface area contributed by atoms with Crippen LogP contribution in [0.25, 0.3) is 148 Å². The quantitative estimate of drug-likeness (QED) is 0.151. The van der Waals surface area contributed by atoms with E-state index in [0.717, 1.165) is 126 Å². The van der Waals surface area contributed by atoms with Gasteiger partial charge in [-0.15, -0.1) is 11.3 Å². The van der Waals surface area contributed by atoms with Crippen LogP contribution in [-0.2, 0) is 27.1 Å². The van der Waals surface area contributed by atoms with Gasteiger partial charge in [-0.05, 0) is 85.6 Å². The van der Waals surface area contributed by atoms with Crippen molar-refractivity contribution in [1.29, 1.82) is 0 Å².